The van der Waals surface area contributed by atoms with E-state index >= 15 is 0 Å². The maximum absolute atomic E-state index is 12.6. The van der Waals surface area contributed by atoms with Gasteiger partial charge in [-0.3, -0.25) is 4.98 Å². The Morgan fingerprint density at radius 3 is 2.62 bits per heavy atom. The Balaban J connectivity index is 1.58. The molecule has 0 saturated carbocycles. The molecule has 1 fully saturated rings. The fraction of sp³-hybridized carbons (Fsp3) is 0.400. The minimum atomic E-state index is -0.0893. The van der Waals surface area contributed by atoms with Crippen LogP contribution in [-0.2, 0) is 4.74 Å². The number of hydrogen-bond acceptors (Lipinski definition) is 4. The van der Waals surface area contributed by atoms with Gasteiger partial charge in [0.05, 0.1) is 12.3 Å². The van der Waals surface area contributed by atoms with Crippen LogP contribution in [-0.4, -0.2) is 42.2 Å². The molecule has 0 radical (unpaired) electrons. The second-order valence-electron chi connectivity index (χ2n) is 7.17. The summed E-state index contributed by atoms with van der Waals surface area (Å²) in [6, 6.07) is 10.9. The zero-order valence-corrected chi connectivity index (χ0v) is 15.4. The Kier molecular flexibility index (Phi) is 5.42. The van der Waals surface area contributed by atoms with Crippen molar-refractivity contribution in [2.75, 3.05) is 25.5 Å². The Bertz CT molecular complexity index is 732. The maximum Gasteiger partial charge on any atom is 0.321 e. The lowest BCUT2D eigenvalue weighted by atomic mass is 9.81. The van der Waals surface area contributed by atoms with Gasteiger partial charge >= 0.3 is 6.03 Å². The number of pyridine rings is 1. The average molecular weight is 355 g/mol. The number of likely N-dealkylation sites (tertiary alicyclic amines) is 1. The number of carbonyl (C=O) groups is 1. The number of nitrogens with one attached hydrogen (secondary N) is 1. The van der Waals surface area contributed by atoms with Crippen LogP contribution in [0.1, 0.15) is 20.3 Å². The number of carbonyl (C=O) groups excluding carboxylic acids is 1. The Morgan fingerprint density at radius 2 is 2.00 bits per heavy atom. The third-order valence-electron chi connectivity index (χ3n) is 4.68. The lowest BCUT2D eigenvalue weighted by Gasteiger charge is -2.43. The molecule has 3 rings (SSSR count). The molecular formula is C20H25N3O3. The molecular weight excluding hydrogens is 330 g/mol. The van der Waals surface area contributed by atoms with E-state index in [0.717, 1.165) is 12.1 Å². The molecule has 1 unspecified atom stereocenters. The predicted octanol–water partition coefficient (Wildman–Crippen LogP) is 4.15. The van der Waals surface area contributed by atoms with Crippen molar-refractivity contribution in [2.24, 2.45) is 5.41 Å². The summed E-state index contributed by atoms with van der Waals surface area (Å²) in [4.78, 5) is 18.4. The smallest absolute Gasteiger partial charge is 0.321 e. The minimum Gasteiger partial charge on any atom is -0.456 e. The van der Waals surface area contributed by atoms with Gasteiger partial charge in [0.25, 0.3) is 0 Å². The van der Waals surface area contributed by atoms with E-state index < -0.39 is 0 Å². The van der Waals surface area contributed by atoms with Crippen LogP contribution in [0.25, 0.3) is 0 Å². The van der Waals surface area contributed by atoms with Gasteiger partial charge in [0.2, 0.25) is 0 Å². The van der Waals surface area contributed by atoms with Crippen LogP contribution in [0.5, 0.6) is 11.5 Å². The highest BCUT2D eigenvalue weighted by molar-refractivity contribution is 5.89. The van der Waals surface area contributed by atoms with Crippen LogP contribution in [0.4, 0.5) is 10.5 Å². The molecule has 1 aromatic carbocycles. The number of amides is 2. The summed E-state index contributed by atoms with van der Waals surface area (Å²) >= 11 is 0. The molecule has 1 saturated heterocycles. The van der Waals surface area contributed by atoms with Gasteiger partial charge in [0, 0.05) is 37.5 Å². The van der Waals surface area contributed by atoms with E-state index in [1.165, 1.54) is 0 Å². The second kappa shape index (κ2) is 7.74. The SMILES string of the molecule is COC1CCN(C(=O)Nc2ccc(Oc3cccnc3)cc2)CC1(C)C. The summed E-state index contributed by atoms with van der Waals surface area (Å²) in [5.74, 6) is 1.37. The quantitative estimate of drug-likeness (QED) is 0.895. The number of aromatic nitrogens is 1. The second-order valence-corrected chi connectivity index (χ2v) is 7.17. The first-order valence-electron chi connectivity index (χ1n) is 8.74. The monoisotopic (exact) mass is 355 g/mol. The van der Waals surface area contributed by atoms with Crippen molar-refractivity contribution in [1.29, 1.82) is 0 Å². The molecule has 1 aliphatic heterocycles. The highest BCUT2D eigenvalue weighted by Gasteiger charge is 2.37. The number of urea groups is 1. The Hall–Kier alpha value is -2.60. The number of nitrogens with zero attached hydrogens (tertiary/aromatic N) is 2. The first-order chi connectivity index (χ1) is 12.5. The van der Waals surface area contributed by atoms with Crippen molar-refractivity contribution in [1.82, 2.24) is 9.88 Å². The number of hydrogen-bond donors (Lipinski definition) is 1. The van der Waals surface area contributed by atoms with E-state index in [1.54, 1.807) is 19.5 Å². The molecule has 26 heavy (non-hydrogen) atoms. The van der Waals surface area contributed by atoms with Gasteiger partial charge in [-0.1, -0.05) is 13.8 Å². The fourth-order valence-corrected chi connectivity index (χ4v) is 3.30. The minimum absolute atomic E-state index is 0.0637. The lowest BCUT2D eigenvalue weighted by Crippen LogP contribution is -2.52. The van der Waals surface area contributed by atoms with E-state index in [4.69, 9.17) is 9.47 Å². The maximum atomic E-state index is 12.6. The standard InChI is InChI=1S/C20H25N3O3/c1-20(2)14-23(12-10-18(20)25-3)19(24)22-15-6-8-16(9-7-15)26-17-5-4-11-21-13-17/h4-9,11,13,18H,10,12,14H2,1-3H3,(H,22,24). The number of benzene rings is 1. The Morgan fingerprint density at radius 1 is 1.23 bits per heavy atom. The predicted molar refractivity (Wildman–Crippen MR) is 101 cm³/mol. The molecule has 1 aromatic heterocycles. The van der Waals surface area contributed by atoms with E-state index in [1.807, 2.05) is 41.3 Å². The van der Waals surface area contributed by atoms with Gasteiger partial charge in [-0.25, -0.2) is 4.79 Å². The molecule has 0 bridgehead atoms. The van der Waals surface area contributed by atoms with Gasteiger partial charge < -0.3 is 19.7 Å². The highest BCUT2D eigenvalue weighted by atomic mass is 16.5. The highest BCUT2D eigenvalue weighted by Crippen LogP contribution is 2.31. The van der Waals surface area contributed by atoms with E-state index in [9.17, 15) is 4.79 Å². The van der Waals surface area contributed by atoms with E-state index in [2.05, 4.69) is 24.1 Å². The van der Waals surface area contributed by atoms with Gasteiger partial charge in [0.1, 0.15) is 11.5 Å². The number of ether oxygens (including phenoxy) is 2. The summed E-state index contributed by atoms with van der Waals surface area (Å²) in [7, 11) is 1.73. The van der Waals surface area contributed by atoms with E-state index in [-0.39, 0.29) is 17.6 Å². The number of anilines is 1. The van der Waals surface area contributed by atoms with E-state index in [0.29, 0.717) is 24.6 Å². The van der Waals surface area contributed by atoms with Gasteiger partial charge in [-0.2, -0.15) is 0 Å². The van der Waals surface area contributed by atoms with Crippen LogP contribution >= 0.6 is 0 Å². The third-order valence-corrected chi connectivity index (χ3v) is 4.68. The zero-order valence-electron chi connectivity index (χ0n) is 15.4. The van der Waals surface area contributed by atoms with Crippen molar-refractivity contribution in [3.8, 4) is 11.5 Å². The van der Waals surface area contributed by atoms with Gasteiger partial charge in [0.15, 0.2) is 0 Å². The largest absolute Gasteiger partial charge is 0.456 e. The summed E-state index contributed by atoms with van der Waals surface area (Å²) in [6.45, 7) is 5.62. The van der Waals surface area contributed by atoms with Crippen molar-refractivity contribution < 1.29 is 14.3 Å². The lowest BCUT2D eigenvalue weighted by molar-refractivity contribution is -0.0394. The van der Waals surface area contributed by atoms with Crippen LogP contribution in [0.2, 0.25) is 0 Å². The number of piperidine rings is 1. The van der Waals surface area contributed by atoms with Crippen LogP contribution in [0.3, 0.4) is 0 Å². The normalized spacial score (nSPS) is 19.0. The van der Waals surface area contributed by atoms with Gasteiger partial charge in [-0.05, 0) is 42.8 Å². The zero-order chi connectivity index (χ0) is 18.6. The number of methoxy groups -OCH3 is 1. The molecule has 6 nitrogen and oxygen atoms in total. The molecule has 0 aliphatic carbocycles. The van der Waals surface area contributed by atoms with Gasteiger partial charge in [-0.15, -0.1) is 0 Å². The molecule has 0 spiro atoms. The van der Waals surface area contributed by atoms with Crippen LogP contribution in [0, 0.1) is 5.41 Å². The van der Waals surface area contributed by atoms with Crippen LogP contribution in [0.15, 0.2) is 48.8 Å². The van der Waals surface area contributed by atoms with Crippen molar-refractivity contribution >= 4 is 11.7 Å². The molecule has 2 aromatic rings. The topological polar surface area (TPSA) is 63.7 Å². The first kappa shape index (κ1) is 18.2. The molecule has 2 heterocycles. The first-order valence-corrected chi connectivity index (χ1v) is 8.74. The van der Waals surface area contributed by atoms with Crippen LogP contribution < -0.4 is 10.1 Å². The van der Waals surface area contributed by atoms with Crippen molar-refractivity contribution in [2.45, 2.75) is 26.4 Å². The summed E-state index contributed by atoms with van der Waals surface area (Å²) in [5, 5.41) is 2.95. The summed E-state index contributed by atoms with van der Waals surface area (Å²) < 4.78 is 11.2. The molecule has 1 atom stereocenters. The third kappa shape index (κ3) is 4.32. The van der Waals surface area contributed by atoms with Crippen molar-refractivity contribution in [3.05, 3.63) is 48.8 Å². The molecule has 6 heteroatoms. The molecule has 138 valence electrons. The summed E-state index contributed by atoms with van der Waals surface area (Å²) in [6.07, 6.45) is 4.37. The molecule has 2 amide bonds. The molecule has 1 aliphatic rings. The molecule has 1 N–H and O–H groups in total. The number of rotatable bonds is 4. The average Bonchev–Trinajstić information content (AvgIpc) is 2.63. The summed E-state index contributed by atoms with van der Waals surface area (Å²) in [5.41, 5.74) is 0.673. The van der Waals surface area contributed by atoms with Crippen molar-refractivity contribution in [3.63, 3.8) is 0 Å². The Labute approximate surface area is 154 Å². The fourth-order valence-electron chi connectivity index (χ4n) is 3.30.